The molecule has 0 aliphatic heterocycles. The first-order valence-corrected chi connectivity index (χ1v) is 13.1. The third-order valence-electron chi connectivity index (χ3n) is 5.89. The Bertz CT molecular complexity index is 1250. The van der Waals surface area contributed by atoms with Gasteiger partial charge in [-0.15, -0.1) is 0 Å². The van der Waals surface area contributed by atoms with E-state index in [1.54, 1.807) is 36.4 Å². The number of oxime groups is 2. The van der Waals surface area contributed by atoms with Gasteiger partial charge in [0.25, 0.3) is 0 Å². The van der Waals surface area contributed by atoms with E-state index in [1.807, 2.05) is 0 Å². The van der Waals surface area contributed by atoms with Gasteiger partial charge in [0.15, 0.2) is 11.6 Å². The number of nitrogens with zero attached hydrogens (tertiary/aromatic N) is 2. The molecule has 0 amide bonds. The summed E-state index contributed by atoms with van der Waals surface area (Å²) in [4.78, 5) is 35.8. The summed E-state index contributed by atoms with van der Waals surface area (Å²) in [7, 11) is 0. The number of carbonyl (C=O) groups is 2. The first kappa shape index (κ1) is 27.4. The van der Waals surface area contributed by atoms with Crippen LogP contribution in [0, 0.1) is 0 Å². The maximum atomic E-state index is 12.6. The standard InChI is InChI=1S/C27H22Cl4N2O4/c28-18-10-22-20(24(30)12-18)6-4-16(26(22)34)14-32-36-8-2-1-3-9-37-33-15-17-5-7-21-23(27(17)35)11-19(29)13-25(21)31/h4-5,10-15H,1-3,6-9H2/b32-14+,33-15+. The van der Waals surface area contributed by atoms with Crippen molar-refractivity contribution in [2.75, 3.05) is 13.2 Å². The molecule has 0 radical (unpaired) electrons. The zero-order valence-corrected chi connectivity index (χ0v) is 22.6. The van der Waals surface area contributed by atoms with E-state index in [9.17, 15) is 9.59 Å². The van der Waals surface area contributed by atoms with Crippen LogP contribution in [0.2, 0.25) is 20.1 Å². The van der Waals surface area contributed by atoms with E-state index < -0.39 is 0 Å². The van der Waals surface area contributed by atoms with Crippen LogP contribution in [0.25, 0.3) is 0 Å². The molecule has 0 aromatic heterocycles. The summed E-state index contributed by atoms with van der Waals surface area (Å²) in [5.74, 6) is -0.364. The number of halogens is 4. The molecular weight excluding hydrogens is 558 g/mol. The molecule has 6 nitrogen and oxygen atoms in total. The number of fused-ring (bicyclic) bond motifs is 2. The lowest BCUT2D eigenvalue weighted by atomic mass is 9.91. The minimum atomic E-state index is -0.182. The van der Waals surface area contributed by atoms with E-state index in [2.05, 4.69) is 10.3 Å². The van der Waals surface area contributed by atoms with Crippen molar-refractivity contribution in [2.45, 2.75) is 32.1 Å². The highest BCUT2D eigenvalue weighted by molar-refractivity contribution is 6.37. The van der Waals surface area contributed by atoms with E-state index in [4.69, 9.17) is 56.1 Å². The number of carbonyl (C=O) groups excluding carboxylic acids is 2. The maximum absolute atomic E-state index is 12.6. The van der Waals surface area contributed by atoms with Crippen molar-refractivity contribution in [1.29, 1.82) is 0 Å². The van der Waals surface area contributed by atoms with Crippen LogP contribution in [0.1, 0.15) is 51.1 Å². The number of allylic oxidation sites excluding steroid dienone is 4. The van der Waals surface area contributed by atoms with Crippen LogP contribution in [0.4, 0.5) is 0 Å². The third kappa shape index (κ3) is 6.82. The minimum Gasteiger partial charge on any atom is -0.396 e. The Morgan fingerprint density at radius 1 is 0.676 bits per heavy atom. The molecule has 192 valence electrons. The number of hydrogen-bond donors (Lipinski definition) is 0. The van der Waals surface area contributed by atoms with Crippen molar-refractivity contribution >= 4 is 70.4 Å². The van der Waals surface area contributed by atoms with Gasteiger partial charge in [-0.2, -0.15) is 0 Å². The fourth-order valence-electron chi connectivity index (χ4n) is 3.97. The fourth-order valence-corrected chi connectivity index (χ4v) is 5.11. The van der Waals surface area contributed by atoms with Gasteiger partial charge in [-0.25, -0.2) is 0 Å². The highest BCUT2D eigenvalue weighted by Gasteiger charge is 2.23. The predicted octanol–water partition coefficient (Wildman–Crippen LogP) is 7.51. The van der Waals surface area contributed by atoms with Gasteiger partial charge in [-0.05, 0) is 67.5 Å². The molecule has 0 spiro atoms. The molecular formula is C27H22Cl4N2O4. The monoisotopic (exact) mass is 578 g/mol. The lowest BCUT2D eigenvalue weighted by Crippen LogP contribution is -2.14. The average Bonchev–Trinajstić information content (AvgIpc) is 2.85. The highest BCUT2D eigenvalue weighted by atomic mass is 35.5. The van der Waals surface area contributed by atoms with Crippen molar-refractivity contribution in [3.63, 3.8) is 0 Å². The van der Waals surface area contributed by atoms with Gasteiger partial charge in [-0.3, -0.25) is 9.59 Å². The summed E-state index contributed by atoms with van der Waals surface area (Å²) < 4.78 is 0. The van der Waals surface area contributed by atoms with Gasteiger partial charge >= 0.3 is 0 Å². The summed E-state index contributed by atoms with van der Waals surface area (Å²) in [5, 5.41) is 9.61. The number of hydrogen-bond acceptors (Lipinski definition) is 6. The summed E-state index contributed by atoms with van der Waals surface area (Å²) in [5.41, 5.74) is 3.40. The summed E-state index contributed by atoms with van der Waals surface area (Å²) in [6.07, 6.45) is 9.79. The molecule has 2 aliphatic rings. The van der Waals surface area contributed by atoms with E-state index in [1.165, 1.54) is 12.4 Å². The molecule has 0 bridgehead atoms. The lowest BCUT2D eigenvalue weighted by Gasteiger charge is -2.15. The Labute approximate surface area is 234 Å². The largest absolute Gasteiger partial charge is 0.396 e. The Hall–Kier alpha value is -2.64. The predicted molar refractivity (Wildman–Crippen MR) is 148 cm³/mol. The van der Waals surface area contributed by atoms with Gasteiger partial charge in [0.1, 0.15) is 13.2 Å². The first-order chi connectivity index (χ1) is 17.8. The topological polar surface area (TPSA) is 77.3 Å². The van der Waals surface area contributed by atoms with Crippen molar-refractivity contribution in [3.8, 4) is 0 Å². The van der Waals surface area contributed by atoms with Gasteiger partial charge < -0.3 is 9.68 Å². The zero-order chi connectivity index (χ0) is 26.4. The van der Waals surface area contributed by atoms with Crippen LogP contribution >= 0.6 is 46.4 Å². The van der Waals surface area contributed by atoms with Crippen molar-refractivity contribution in [1.82, 2.24) is 0 Å². The maximum Gasteiger partial charge on any atom is 0.194 e. The van der Waals surface area contributed by atoms with E-state index in [0.717, 1.165) is 30.4 Å². The van der Waals surface area contributed by atoms with E-state index >= 15 is 0 Å². The van der Waals surface area contributed by atoms with E-state index in [-0.39, 0.29) is 11.6 Å². The Morgan fingerprint density at radius 2 is 1.11 bits per heavy atom. The van der Waals surface area contributed by atoms with Crippen molar-refractivity contribution in [2.24, 2.45) is 10.3 Å². The van der Waals surface area contributed by atoms with Gasteiger partial charge in [-0.1, -0.05) is 68.9 Å². The summed E-state index contributed by atoms with van der Waals surface area (Å²) in [6, 6.07) is 6.50. The van der Waals surface area contributed by atoms with Gasteiger partial charge in [0.05, 0.1) is 12.4 Å². The average molecular weight is 580 g/mol. The smallest absolute Gasteiger partial charge is 0.194 e. The number of rotatable bonds is 10. The highest BCUT2D eigenvalue weighted by Crippen LogP contribution is 2.31. The summed E-state index contributed by atoms with van der Waals surface area (Å²) >= 11 is 24.4. The van der Waals surface area contributed by atoms with Crippen LogP contribution in [0.3, 0.4) is 0 Å². The molecule has 0 heterocycles. The molecule has 4 rings (SSSR count). The van der Waals surface area contributed by atoms with Crippen LogP contribution in [0.15, 0.2) is 57.9 Å². The van der Waals surface area contributed by atoms with Crippen molar-refractivity contribution < 1.29 is 19.3 Å². The van der Waals surface area contributed by atoms with Crippen LogP contribution in [-0.4, -0.2) is 37.2 Å². The SMILES string of the molecule is O=C1C(/C=N/OCCCCCO/N=C/C2=CCc3c(Cl)cc(Cl)cc3C2=O)=CCc2c(Cl)cc(Cl)cc21. The minimum absolute atomic E-state index is 0.182. The molecule has 0 saturated carbocycles. The number of benzene rings is 2. The molecule has 0 unspecified atom stereocenters. The summed E-state index contributed by atoms with van der Waals surface area (Å²) in [6.45, 7) is 0.808. The third-order valence-corrected chi connectivity index (χ3v) is 7.00. The Morgan fingerprint density at radius 3 is 1.54 bits per heavy atom. The fraction of sp³-hybridized carbons (Fsp3) is 0.259. The van der Waals surface area contributed by atoms with Gasteiger partial charge in [0.2, 0.25) is 0 Å². The second-order valence-electron chi connectivity index (χ2n) is 8.41. The lowest BCUT2D eigenvalue weighted by molar-refractivity contribution is 0.102. The molecule has 0 saturated heterocycles. The normalized spacial score (nSPS) is 15.0. The molecule has 0 fully saturated rings. The Balaban J connectivity index is 1.12. The number of unbranched alkanes of at least 4 members (excludes halogenated alkanes) is 2. The molecule has 10 heteroatoms. The molecule has 2 aromatic carbocycles. The van der Waals surface area contributed by atoms with Crippen LogP contribution in [0.5, 0.6) is 0 Å². The second kappa shape index (κ2) is 12.7. The van der Waals surface area contributed by atoms with Crippen LogP contribution in [-0.2, 0) is 22.5 Å². The number of ketones is 2. The van der Waals surface area contributed by atoms with E-state index in [0.29, 0.717) is 68.4 Å². The molecule has 0 N–H and O–H groups in total. The molecule has 37 heavy (non-hydrogen) atoms. The van der Waals surface area contributed by atoms with Crippen LogP contribution < -0.4 is 0 Å². The quantitative estimate of drug-likeness (QED) is 0.166. The molecule has 2 aromatic rings. The molecule has 0 atom stereocenters. The second-order valence-corrected chi connectivity index (χ2v) is 10.1. The van der Waals surface area contributed by atoms with Gasteiger partial charge in [0, 0.05) is 42.4 Å². The zero-order valence-electron chi connectivity index (χ0n) is 19.6. The Kier molecular flexibility index (Phi) is 9.43. The van der Waals surface area contributed by atoms with Crippen molar-refractivity contribution in [3.05, 3.63) is 89.9 Å². The molecule has 2 aliphatic carbocycles. The first-order valence-electron chi connectivity index (χ1n) is 11.6. The number of Topliss-reactive ketones (excluding diaryl/α,β-unsaturated/α-hetero) is 2.